The van der Waals surface area contributed by atoms with Crippen LogP contribution in [0, 0.1) is 12.8 Å². The second-order valence-electron chi connectivity index (χ2n) is 7.62. The van der Waals surface area contributed by atoms with E-state index < -0.39 is 17.5 Å². The highest BCUT2D eigenvalue weighted by Crippen LogP contribution is 2.33. The van der Waals surface area contributed by atoms with Crippen molar-refractivity contribution in [1.82, 2.24) is 9.88 Å². The van der Waals surface area contributed by atoms with Gasteiger partial charge in [-0.1, -0.05) is 0 Å². The molecule has 1 amide bonds. The first kappa shape index (κ1) is 20.3. The molecule has 8 heteroatoms. The summed E-state index contributed by atoms with van der Waals surface area (Å²) in [5, 5.41) is 3.10. The van der Waals surface area contributed by atoms with Crippen LogP contribution < -0.4 is 5.32 Å². The van der Waals surface area contributed by atoms with Gasteiger partial charge in [0, 0.05) is 37.1 Å². The highest BCUT2D eigenvalue weighted by Gasteiger charge is 2.35. The van der Waals surface area contributed by atoms with Gasteiger partial charge in [-0.15, -0.1) is 0 Å². The maximum atomic E-state index is 12.9. The van der Waals surface area contributed by atoms with E-state index in [-0.39, 0.29) is 17.6 Å². The number of nitrogens with one attached hydrogen (secondary N) is 1. The van der Waals surface area contributed by atoms with Crippen LogP contribution in [0.4, 0.5) is 23.7 Å². The number of likely N-dealkylation sites (tertiary alicyclic amines) is 1. The lowest BCUT2D eigenvalue weighted by atomic mass is 9.97. The summed E-state index contributed by atoms with van der Waals surface area (Å²) >= 11 is 0. The van der Waals surface area contributed by atoms with Crippen LogP contribution in [0.1, 0.15) is 44.9 Å². The molecule has 0 spiro atoms. The Morgan fingerprint density at radius 3 is 2.46 bits per heavy atom. The van der Waals surface area contributed by atoms with Gasteiger partial charge in [-0.2, -0.15) is 13.2 Å². The number of halogens is 3. The number of amides is 1. The van der Waals surface area contributed by atoms with Gasteiger partial charge in [0.15, 0.2) is 0 Å². The summed E-state index contributed by atoms with van der Waals surface area (Å²) in [6.07, 6.45) is -2.04. The number of hydrogen-bond acceptors (Lipinski definition) is 4. The van der Waals surface area contributed by atoms with Gasteiger partial charge in [0.05, 0.1) is 0 Å². The second-order valence-corrected chi connectivity index (χ2v) is 7.62. The van der Waals surface area contributed by atoms with E-state index in [0.29, 0.717) is 25.3 Å². The number of aromatic nitrogens is 1. The summed E-state index contributed by atoms with van der Waals surface area (Å²) in [7, 11) is 0. The van der Waals surface area contributed by atoms with E-state index in [1.807, 2.05) is 20.8 Å². The number of carbonyl (C=O) groups is 1. The number of pyridine rings is 1. The van der Waals surface area contributed by atoms with Crippen molar-refractivity contribution in [2.24, 2.45) is 5.92 Å². The molecule has 0 unspecified atom stereocenters. The van der Waals surface area contributed by atoms with Gasteiger partial charge in [-0.05, 0) is 52.5 Å². The fraction of sp³-hybridized carbons (Fsp3) is 0.667. The maximum Gasteiger partial charge on any atom is 0.433 e. The summed E-state index contributed by atoms with van der Waals surface area (Å²) in [5.41, 5.74) is -0.833. The largest absolute Gasteiger partial charge is 0.444 e. The van der Waals surface area contributed by atoms with Crippen molar-refractivity contribution >= 4 is 11.8 Å². The molecule has 1 aromatic rings. The fourth-order valence-electron chi connectivity index (χ4n) is 2.91. The average molecular weight is 373 g/mol. The molecule has 1 fully saturated rings. The second kappa shape index (κ2) is 7.72. The van der Waals surface area contributed by atoms with Gasteiger partial charge < -0.3 is 15.0 Å². The predicted molar refractivity (Wildman–Crippen MR) is 93.0 cm³/mol. The third-order valence-corrected chi connectivity index (χ3v) is 4.32. The molecule has 2 heterocycles. The van der Waals surface area contributed by atoms with Gasteiger partial charge in [0.25, 0.3) is 0 Å². The van der Waals surface area contributed by atoms with Crippen molar-refractivity contribution in [2.45, 2.75) is 52.3 Å². The van der Waals surface area contributed by atoms with Crippen LogP contribution in [0.3, 0.4) is 0 Å². The molecule has 0 atom stereocenters. The molecule has 0 aromatic carbocycles. The highest BCUT2D eigenvalue weighted by atomic mass is 19.4. The first-order chi connectivity index (χ1) is 12.0. The molecular formula is C18H26F3N3O2. The molecule has 146 valence electrons. The van der Waals surface area contributed by atoms with Crippen LogP contribution in [-0.2, 0) is 10.9 Å². The lowest BCUT2D eigenvalue weighted by Crippen LogP contribution is -2.42. The number of ether oxygens (including phenoxy) is 1. The summed E-state index contributed by atoms with van der Waals surface area (Å²) in [5.74, 6) is 0.288. The van der Waals surface area contributed by atoms with E-state index in [9.17, 15) is 18.0 Å². The molecule has 2 rings (SSSR count). The van der Waals surface area contributed by atoms with E-state index in [4.69, 9.17) is 4.74 Å². The summed E-state index contributed by atoms with van der Waals surface area (Å²) in [6, 6.07) is 1.56. The lowest BCUT2D eigenvalue weighted by Gasteiger charge is -2.33. The third-order valence-electron chi connectivity index (χ3n) is 4.32. The molecule has 1 saturated heterocycles. The normalized spacial score (nSPS) is 16.5. The number of alkyl halides is 3. The van der Waals surface area contributed by atoms with Crippen molar-refractivity contribution in [2.75, 3.05) is 25.0 Å². The van der Waals surface area contributed by atoms with Crippen LogP contribution in [0.5, 0.6) is 0 Å². The van der Waals surface area contributed by atoms with E-state index in [1.165, 1.54) is 13.1 Å². The molecule has 1 N–H and O–H groups in total. The van der Waals surface area contributed by atoms with Crippen molar-refractivity contribution in [1.29, 1.82) is 0 Å². The molecule has 26 heavy (non-hydrogen) atoms. The van der Waals surface area contributed by atoms with Gasteiger partial charge in [-0.3, -0.25) is 4.98 Å². The first-order valence-electron chi connectivity index (χ1n) is 8.72. The minimum absolute atomic E-state index is 0.103. The minimum Gasteiger partial charge on any atom is -0.444 e. The smallest absolute Gasteiger partial charge is 0.433 e. The summed E-state index contributed by atoms with van der Waals surface area (Å²) < 4.78 is 44.1. The fourth-order valence-corrected chi connectivity index (χ4v) is 2.91. The number of hydrogen-bond donors (Lipinski definition) is 1. The summed E-state index contributed by atoms with van der Waals surface area (Å²) in [6.45, 7) is 8.64. The van der Waals surface area contributed by atoms with Crippen LogP contribution in [0.15, 0.2) is 12.3 Å². The zero-order valence-corrected chi connectivity index (χ0v) is 15.6. The van der Waals surface area contributed by atoms with Gasteiger partial charge >= 0.3 is 12.3 Å². The lowest BCUT2D eigenvalue weighted by molar-refractivity contribution is -0.141. The Hall–Kier alpha value is -1.99. The Morgan fingerprint density at radius 1 is 1.31 bits per heavy atom. The molecule has 0 aliphatic carbocycles. The molecule has 5 nitrogen and oxygen atoms in total. The number of rotatable bonds is 3. The number of piperidine rings is 1. The monoisotopic (exact) mass is 373 g/mol. The zero-order valence-electron chi connectivity index (χ0n) is 15.6. The Labute approximate surface area is 151 Å². The Bertz CT molecular complexity index is 634. The van der Waals surface area contributed by atoms with Gasteiger partial charge in [0.2, 0.25) is 0 Å². The van der Waals surface area contributed by atoms with Crippen LogP contribution >= 0.6 is 0 Å². The molecule has 1 aliphatic heterocycles. The van der Waals surface area contributed by atoms with Crippen LogP contribution in [0.25, 0.3) is 0 Å². The molecule has 0 radical (unpaired) electrons. The van der Waals surface area contributed by atoms with Crippen molar-refractivity contribution in [3.05, 3.63) is 23.5 Å². The number of anilines is 1. The molecule has 0 bridgehead atoms. The van der Waals surface area contributed by atoms with E-state index in [2.05, 4.69) is 10.3 Å². The van der Waals surface area contributed by atoms with Crippen LogP contribution in [0.2, 0.25) is 0 Å². The predicted octanol–water partition coefficient (Wildman–Crippen LogP) is 4.47. The molecule has 0 saturated carbocycles. The number of nitrogens with zero attached hydrogens (tertiary/aromatic N) is 2. The summed E-state index contributed by atoms with van der Waals surface area (Å²) in [4.78, 5) is 17.2. The van der Waals surface area contributed by atoms with E-state index >= 15 is 0 Å². The zero-order chi connectivity index (χ0) is 19.5. The average Bonchev–Trinajstić information content (AvgIpc) is 2.51. The topological polar surface area (TPSA) is 54.5 Å². The van der Waals surface area contributed by atoms with Crippen LogP contribution in [-0.4, -0.2) is 41.2 Å². The third kappa shape index (κ3) is 5.51. The Kier molecular flexibility index (Phi) is 6.03. The molecular weight excluding hydrogens is 347 g/mol. The number of carbonyl (C=O) groups excluding carboxylic acids is 1. The quantitative estimate of drug-likeness (QED) is 0.849. The van der Waals surface area contributed by atoms with Crippen molar-refractivity contribution in [3.8, 4) is 0 Å². The Balaban J connectivity index is 1.87. The SMILES string of the molecule is Cc1c(NCC2CCN(C(=O)OC(C)(C)C)CC2)ccnc1C(F)(F)F. The molecule has 1 aliphatic rings. The first-order valence-corrected chi connectivity index (χ1v) is 8.72. The maximum absolute atomic E-state index is 12.9. The van der Waals surface area contributed by atoms with E-state index in [0.717, 1.165) is 12.8 Å². The Morgan fingerprint density at radius 2 is 1.92 bits per heavy atom. The highest BCUT2D eigenvalue weighted by molar-refractivity contribution is 5.68. The molecule has 1 aromatic heterocycles. The van der Waals surface area contributed by atoms with E-state index in [1.54, 1.807) is 11.0 Å². The van der Waals surface area contributed by atoms with Crippen molar-refractivity contribution < 1.29 is 22.7 Å². The minimum atomic E-state index is -4.46. The standard InChI is InChI=1S/C18H26F3N3O2/c1-12-14(5-8-22-15(12)18(19,20)21)23-11-13-6-9-24(10-7-13)16(25)26-17(2,3)4/h5,8,13H,6-7,9-11H2,1-4H3,(H,22,23). The van der Waals surface area contributed by atoms with Gasteiger partial charge in [0.1, 0.15) is 11.3 Å². The van der Waals surface area contributed by atoms with Crippen molar-refractivity contribution in [3.63, 3.8) is 0 Å². The van der Waals surface area contributed by atoms with Gasteiger partial charge in [-0.25, -0.2) is 4.79 Å².